The van der Waals surface area contributed by atoms with Gasteiger partial charge in [0.25, 0.3) is 5.91 Å². The van der Waals surface area contributed by atoms with E-state index in [9.17, 15) is 9.18 Å². The fraction of sp³-hybridized carbons (Fsp3) is 0.389. The monoisotopic (exact) mass is 343 g/mol. The van der Waals surface area contributed by atoms with Crippen LogP contribution in [0.3, 0.4) is 0 Å². The Bertz CT molecular complexity index is 714. The molecule has 6 nitrogen and oxygen atoms in total. The van der Waals surface area contributed by atoms with Crippen LogP contribution in [-0.4, -0.2) is 48.6 Å². The van der Waals surface area contributed by atoms with E-state index in [-0.39, 0.29) is 11.7 Å². The first-order valence-corrected chi connectivity index (χ1v) is 8.53. The molecular weight excluding hydrogens is 321 g/mol. The number of carbonyl (C=O) groups is 1. The molecule has 0 spiro atoms. The van der Waals surface area contributed by atoms with Crippen molar-refractivity contribution in [1.82, 2.24) is 15.3 Å². The molecule has 25 heavy (non-hydrogen) atoms. The van der Waals surface area contributed by atoms with Gasteiger partial charge in [0, 0.05) is 32.7 Å². The highest BCUT2D eigenvalue weighted by molar-refractivity contribution is 5.91. The lowest BCUT2D eigenvalue weighted by Gasteiger charge is -2.36. The number of nitrogens with zero attached hydrogens (tertiary/aromatic N) is 4. The molecule has 1 N–H and O–H groups in total. The Hall–Kier alpha value is -2.70. The molecule has 2 aromatic rings. The van der Waals surface area contributed by atoms with Gasteiger partial charge in [0.1, 0.15) is 17.3 Å². The van der Waals surface area contributed by atoms with Gasteiger partial charge in [0.15, 0.2) is 0 Å². The summed E-state index contributed by atoms with van der Waals surface area (Å²) in [5.74, 6) is 0.337. The maximum atomic E-state index is 13.9. The average Bonchev–Trinajstić information content (AvgIpc) is 2.67. The summed E-state index contributed by atoms with van der Waals surface area (Å²) in [5.41, 5.74) is 0.957. The Labute approximate surface area is 146 Å². The predicted molar refractivity (Wildman–Crippen MR) is 95.5 cm³/mol. The molecule has 0 bridgehead atoms. The number of aromatic nitrogens is 2. The molecule has 1 aromatic heterocycles. The van der Waals surface area contributed by atoms with Crippen molar-refractivity contribution in [3.63, 3.8) is 0 Å². The van der Waals surface area contributed by atoms with Crippen molar-refractivity contribution in [2.75, 3.05) is 42.5 Å². The molecule has 132 valence electrons. The molecule has 0 atom stereocenters. The number of hydrogen-bond donors (Lipinski definition) is 1. The number of piperazine rings is 1. The first-order chi connectivity index (χ1) is 12.2. The second kappa shape index (κ2) is 7.92. The number of para-hydroxylation sites is 1. The van der Waals surface area contributed by atoms with Crippen LogP contribution in [0.1, 0.15) is 23.8 Å². The highest BCUT2D eigenvalue weighted by Gasteiger charge is 2.20. The van der Waals surface area contributed by atoms with Gasteiger partial charge in [0.05, 0.1) is 18.1 Å². The summed E-state index contributed by atoms with van der Waals surface area (Å²) in [6.07, 6.45) is 4.01. The zero-order chi connectivity index (χ0) is 17.6. The minimum Gasteiger partial charge on any atom is -0.366 e. The molecule has 0 radical (unpaired) electrons. The number of benzene rings is 1. The number of hydrogen-bond acceptors (Lipinski definition) is 5. The normalized spacial score (nSPS) is 14.5. The van der Waals surface area contributed by atoms with Crippen molar-refractivity contribution in [2.24, 2.45) is 0 Å². The number of rotatable bonds is 5. The minimum absolute atomic E-state index is 0.196. The molecule has 1 amide bonds. The molecule has 2 heterocycles. The third kappa shape index (κ3) is 4.04. The van der Waals surface area contributed by atoms with E-state index in [0.29, 0.717) is 31.0 Å². The van der Waals surface area contributed by atoms with Crippen LogP contribution in [0.25, 0.3) is 0 Å². The lowest BCUT2D eigenvalue weighted by atomic mass is 10.2. The smallest absolute Gasteiger partial charge is 0.271 e. The van der Waals surface area contributed by atoms with Crippen molar-refractivity contribution in [3.05, 3.63) is 48.2 Å². The van der Waals surface area contributed by atoms with E-state index >= 15 is 0 Å². The molecule has 1 saturated heterocycles. The summed E-state index contributed by atoms with van der Waals surface area (Å²) in [6.45, 7) is 5.49. The van der Waals surface area contributed by atoms with Crippen LogP contribution >= 0.6 is 0 Å². The maximum Gasteiger partial charge on any atom is 0.271 e. The van der Waals surface area contributed by atoms with Crippen LogP contribution in [0.4, 0.5) is 15.9 Å². The zero-order valence-electron chi connectivity index (χ0n) is 14.3. The number of nitrogens with one attached hydrogen (secondary N) is 1. The van der Waals surface area contributed by atoms with Crippen LogP contribution < -0.4 is 15.1 Å². The standard InChI is InChI=1S/C18H22FN5O/c1-2-7-20-18(25)15-12-22-17(13-21-15)24-10-8-23(9-11-24)16-6-4-3-5-14(16)19/h3-6,12-13H,2,7-11H2,1H3,(H,20,25). The van der Waals surface area contributed by atoms with Gasteiger partial charge in [0.2, 0.25) is 0 Å². The number of anilines is 2. The van der Waals surface area contributed by atoms with Gasteiger partial charge >= 0.3 is 0 Å². The minimum atomic E-state index is -0.203. The summed E-state index contributed by atoms with van der Waals surface area (Å²) in [6, 6.07) is 6.82. The lowest BCUT2D eigenvalue weighted by Crippen LogP contribution is -2.47. The SMILES string of the molecule is CCCNC(=O)c1cnc(N2CCN(c3ccccc3F)CC2)cn1. The fourth-order valence-electron chi connectivity index (χ4n) is 2.82. The number of carbonyl (C=O) groups excluding carboxylic acids is 1. The maximum absolute atomic E-state index is 13.9. The first-order valence-electron chi connectivity index (χ1n) is 8.53. The summed E-state index contributed by atoms with van der Waals surface area (Å²) in [7, 11) is 0. The van der Waals surface area contributed by atoms with Gasteiger partial charge in [-0.3, -0.25) is 4.79 Å². The summed E-state index contributed by atoms with van der Waals surface area (Å²) in [4.78, 5) is 24.5. The molecule has 7 heteroatoms. The van der Waals surface area contributed by atoms with Crippen molar-refractivity contribution in [3.8, 4) is 0 Å². The van der Waals surface area contributed by atoms with E-state index in [2.05, 4.69) is 20.2 Å². The molecule has 0 unspecified atom stereocenters. The molecule has 0 saturated carbocycles. The van der Waals surface area contributed by atoms with E-state index in [1.165, 1.54) is 12.3 Å². The van der Waals surface area contributed by atoms with Gasteiger partial charge in [-0.15, -0.1) is 0 Å². The Morgan fingerprint density at radius 2 is 1.84 bits per heavy atom. The zero-order valence-corrected chi connectivity index (χ0v) is 14.3. The van der Waals surface area contributed by atoms with Crippen LogP contribution in [-0.2, 0) is 0 Å². The molecule has 0 aliphatic carbocycles. The average molecular weight is 343 g/mol. The molecule has 3 rings (SSSR count). The highest BCUT2D eigenvalue weighted by atomic mass is 19.1. The third-order valence-corrected chi connectivity index (χ3v) is 4.20. The lowest BCUT2D eigenvalue weighted by molar-refractivity contribution is 0.0948. The fourth-order valence-corrected chi connectivity index (χ4v) is 2.82. The number of halogens is 1. The first kappa shape index (κ1) is 17.1. The topological polar surface area (TPSA) is 61.4 Å². The summed E-state index contributed by atoms with van der Waals surface area (Å²) < 4.78 is 13.9. The summed E-state index contributed by atoms with van der Waals surface area (Å²) >= 11 is 0. The van der Waals surface area contributed by atoms with Crippen molar-refractivity contribution >= 4 is 17.4 Å². The second-order valence-corrected chi connectivity index (χ2v) is 5.94. The van der Waals surface area contributed by atoms with Gasteiger partial charge in [-0.05, 0) is 18.6 Å². The van der Waals surface area contributed by atoms with Crippen molar-refractivity contribution < 1.29 is 9.18 Å². The Balaban J connectivity index is 1.59. The molecule has 1 aliphatic rings. The van der Waals surface area contributed by atoms with Crippen molar-refractivity contribution in [1.29, 1.82) is 0 Å². The molecular formula is C18H22FN5O. The quantitative estimate of drug-likeness (QED) is 0.901. The molecule has 1 aliphatic heterocycles. The van der Waals surface area contributed by atoms with E-state index in [0.717, 1.165) is 25.3 Å². The van der Waals surface area contributed by atoms with Gasteiger partial charge < -0.3 is 15.1 Å². The van der Waals surface area contributed by atoms with Gasteiger partial charge in [-0.25, -0.2) is 14.4 Å². The predicted octanol–water partition coefficient (Wildman–Crippen LogP) is 2.08. The highest BCUT2D eigenvalue weighted by Crippen LogP contribution is 2.21. The van der Waals surface area contributed by atoms with Crippen LogP contribution in [0.2, 0.25) is 0 Å². The van der Waals surface area contributed by atoms with E-state index in [1.54, 1.807) is 18.3 Å². The summed E-state index contributed by atoms with van der Waals surface area (Å²) in [5, 5.41) is 2.78. The Morgan fingerprint density at radius 1 is 1.12 bits per heavy atom. The van der Waals surface area contributed by atoms with Crippen LogP contribution in [0.15, 0.2) is 36.7 Å². The van der Waals surface area contributed by atoms with E-state index < -0.39 is 0 Å². The largest absolute Gasteiger partial charge is 0.366 e. The van der Waals surface area contributed by atoms with E-state index in [4.69, 9.17) is 0 Å². The van der Waals surface area contributed by atoms with E-state index in [1.807, 2.05) is 17.9 Å². The second-order valence-electron chi connectivity index (χ2n) is 5.94. The third-order valence-electron chi connectivity index (χ3n) is 4.20. The molecule has 1 fully saturated rings. The van der Waals surface area contributed by atoms with Crippen LogP contribution in [0, 0.1) is 5.82 Å². The van der Waals surface area contributed by atoms with Gasteiger partial charge in [-0.2, -0.15) is 0 Å². The Kier molecular flexibility index (Phi) is 5.42. The van der Waals surface area contributed by atoms with Crippen LogP contribution in [0.5, 0.6) is 0 Å². The Morgan fingerprint density at radius 3 is 2.48 bits per heavy atom. The molecule has 1 aromatic carbocycles. The number of amides is 1. The van der Waals surface area contributed by atoms with Gasteiger partial charge in [-0.1, -0.05) is 19.1 Å². The van der Waals surface area contributed by atoms with Crippen molar-refractivity contribution in [2.45, 2.75) is 13.3 Å².